The molecule has 1 spiro atoms. The minimum Gasteiger partial charge on any atom is -0.359 e. The molecule has 2 saturated heterocycles. The number of nitrogens with zero attached hydrogens (tertiary/aromatic N) is 1. The fourth-order valence-corrected chi connectivity index (χ4v) is 6.67. The van der Waals surface area contributed by atoms with Gasteiger partial charge in [0, 0.05) is 22.7 Å². The Bertz CT molecular complexity index is 1020. The molecule has 4 aliphatic rings. The van der Waals surface area contributed by atoms with E-state index in [4.69, 9.17) is 4.74 Å². The van der Waals surface area contributed by atoms with E-state index in [2.05, 4.69) is 10.6 Å². The molecular weight excluding hydrogens is 450 g/mol. The predicted octanol–water partition coefficient (Wildman–Crippen LogP) is 3.35. The van der Waals surface area contributed by atoms with Crippen molar-refractivity contribution in [3.8, 4) is 0 Å². The van der Waals surface area contributed by atoms with Gasteiger partial charge in [0.2, 0.25) is 17.7 Å². The molecule has 3 unspecified atom stereocenters. The molecule has 7 nitrogen and oxygen atoms in total. The minimum atomic E-state index is -1.10. The van der Waals surface area contributed by atoms with Crippen molar-refractivity contribution in [2.24, 2.45) is 11.8 Å². The first-order chi connectivity index (χ1) is 16.4. The lowest BCUT2D eigenvalue weighted by molar-refractivity contribution is -0.143. The van der Waals surface area contributed by atoms with Gasteiger partial charge in [-0.2, -0.15) is 0 Å². The molecule has 1 saturated carbocycles. The normalized spacial score (nSPS) is 32.4. The number of thioether (sulfide) groups is 1. The highest BCUT2D eigenvalue weighted by Gasteiger charge is 2.73. The molecule has 3 fully saturated rings. The Morgan fingerprint density at radius 2 is 1.94 bits per heavy atom. The van der Waals surface area contributed by atoms with Gasteiger partial charge in [-0.05, 0) is 51.1 Å². The van der Waals surface area contributed by atoms with E-state index in [1.54, 1.807) is 16.7 Å². The molecule has 1 aromatic rings. The molecule has 5 rings (SSSR count). The Hall–Kier alpha value is -2.32. The third kappa shape index (κ3) is 3.75. The maximum atomic E-state index is 13.7. The molecule has 34 heavy (non-hydrogen) atoms. The quantitative estimate of drug-likeness (QED) is 0.479. The number of likely N-dealkylation sites (tertiary alicyclic amines) is 1. The number of carbonyl (C=O) groups is 3. The van der Waals surface area contributed by atoms with E-state index in [1.807, 2.05) is 56.5 Å². The zero-order valence-electron chi connectivity index (χ0n) is 20.0. The van der Waals surface area contributed by atoms with Gasteiger partial charge in [0.25, 0.3) is 0 Å². The first kappa shape index (κ1) is 23.4. The summed E-state index contributed by atoms with van der Waals surface area (Å²) in [6, 6.07) is 6.81. The molecule has 2 N–H and O–H groups in total. The molecule has 5 atom stereocenters. The average Bonchev–Trinajstić information content (AvgIpc) is 3.47. The summed E-state index contributed by atoms with van der Waals surface area (Å²) in [5.74, 6) is -1.98. The minimum absolute atomic E-state index is 0.131. The molecule has 1 aromatic carbocycles. The molecule has 0 aromatic heterocycles. The molecule has 1 aliphatic carbocycles. The van der Waals surface area contributed by atoms with E-state index in [0.29, 0.717) is 5.69 Å². The standard InChI is InChI=1S/C26H33N3O4S/c1-15(2)29-22(24(31)27-16-8-5-4-6-9-16)26-13-12-19(33-26)20(21(26)25(29)32)23(30)28-17-10-7-11-18(14-17)34-3/h7,10-16,19-22H,4-6,8-9H2,1-3H3,(H,27,31)(H,28,30)/t19-,20?,21-,22?,26?/m0/s1. The van der Waals surface area contributed by atoms with Crippen molar-refractivity contribution >= 4 is 35.2 Å². The largest absolute Gasteiger partial charge is 0.359 e. The van der Waals surface area contributed by atoms with E-state index in [1.165, 1.54) is 6.42 Å². The number of hydrogen-bond donors (Lipinski definition) is 2. The second-order valence-corrected chi connectivity index (χ2v) is 11.0. The zero-order chi connectivity index (χ0) is 24.0. The average molecular weight is 484 g/mol. The summed E-state index contributed by atoms with van der Waals surface area (Å²) in [5, 5.41) is 6.19. The van der Waals surface area contributed by atoms with Crippen LogP contribution in [0.4, 0.5) is 5.69 Å². The van der Waals surface area contributed by atoms with Gasteiger partial charge in [-0.15, -0.1) is 11.8 Å². The molecule has 3 amide bonds. The molecule has 2 bridgehead atoms. The maximum absolute atomic E-state index is 13.7. The molecule has 8 heteroatoms. The van der Waals surface area contributed by atoms with Gasteiger partial charge in [-0.25, -0.2) is 0 Å². The number of carbonyl (C=O) groups excluding carboxylic acids is 3. The summed E-state index contributed by atoms with van der Waals surface area (Å²) in [5.41, 5.74) is -0.413. The van der Waals surface area contributed by atoms with Gasteiger partial charge in [0.15, 0.2) is 0 Å². The van der Waals surface area contributed by atoms with Gasteiger partial charge in [0.05, 0.1) is 17.9 Å². The van der Waals surface area contributed by atoms with Crippen molar-refractivity contribution < 1.29 is 19.1 Å². The van der Waals surface area contributed by atoms with Crippen molar-refractivity contribution in [1.29, 1.82) is 0 Å². The van der Waals surface area contributed by atoms with Crippen LogP contribution in [0.3, 0.4) is 0 Å². The molecule has 182 valence electrons. The number of amides is 3. The summed E-state index contributed by atoms with van der Waals surface area (Å²) in [6.45, 7) is 3.82. The van der Waals surface area contributed by atoms with Crippen LogP contribution in [0.15, 0.2) is 41.3 Å². The van der Waals surface area contributed by atoms with Crippen molar-refractivity contribution in [3.05, 3.63) is 36.4 Å². The number of hydrogen-bond acceptors (Lipinski definition) is 5. The first-order valence-electron chi connectivity index (χ1n) is 12.3. The fourth-order valence-electron chi connectivity index (χ4n) is 6.22. The van der Waals surface area contributed by atoms with Gasteiger partial charge >= 0.3 is 0 Å². The van der Waals surface area contributed by atoms with Crippen molar-refractivity contribution in [2.45, 2.75) is 80.7 Å². The van der Waals surface area contributed by atoms with Crippen LogP contribution in [0.2, 0.25) is 0 Å². The van der Waals surface area contributed by atoms with Crippen LogP contribution in [0.5, 0.6) is 0 Å². The lowest BCUT2D eigenvalue weighted by Crippen LogP contribution is -2.57. The Kier molecular flexibility index (Phi) is 6.23. The molecule has 3 aliphatic heterocycles. The summed E-state index contributed by atoms with van der Waals surface area (Å²) < 4.78 is 6.37. The SMILES string of the molecule is CSc1cccc(NC(=O)C2[C@@H]3C=CC4(O3)C(C(=O)NC3CCCCC3)N(C(C)C)C(=O)[C@H]24)c1. The van der Waals surface area contributed by atoms with Gasteiger partial charge < -0.3 is 20.3 Å². The second kappa shape index (κ2) is 9.04. The molecular formula is C26H33N3O4S. The summed E-state index contributed by atoms with van der Waals surface area (Å²) in [7, 11) is 0. The predicted molar refractivity (Wildman–Crippen MR) is 131 cm³/mol. The van der Waals surface area contributed by atoms with Gasteiger partial charge in [0.1, 0.15) is 11.6 Å². The third-order valence-corrected chi connectivity index (χ3v) is 8.43. The van der Waals surface area contributed by atoms with Crippen LogP contribution < -0.4 is 10.6 Å². The topological polar surface area (TPSA) is 87.7 Å². The number of nitrogens with one attached hydrogen (secondary N) is 2. The third-order valence-electron chi connectivity index (χ3n) is 7.71. The Morgan fingerprint density at radius 3 is 2.65 bits per heavy atom. The number of anilines is 1. The number of fused-ring (bicyclic) bond motifs is 1. The highest BCUT2D eigenvalue weighted by atomic mass is 32.2. The number of rotatable bonds is 6. The highest BCUT2D eigenvalue weighted by Crippen LogP contribution is 2.55. The van der Waals surface area contributed by atoms with Crippen LogP contribution in [0, 0.1) is 11.8 Å². The lowest BCUT2D eigenvalue weighted by atomic mass is 9.74. The van der Waals surface area contributed by atoms with Gasteiger partial charge in [-0.1, -0.05) is 37.5 Å². The summed E-state index contributed by atoms with van der Waals surface area (Å²) in [6.07, 6.45) is 10.5. The van der Waals surface area contributed by atoms with Crippen molar-refractivity contribution in [1.82, 2.24) is 10.2 Å². The molecule has 3 heterocycles. The van der Waals surface area contributed by atoms with Crippen LogP contribution in [0.25, 0.3) is 0 Å². The number of benzene rings is 1. The second-order valence-electron chi connectivity index (χ2n) is 10.1. The molecule has 0 radical (unpaired) electrons. The Balaban J connectivity index is 1.42. The van der Waals surface area contributed by atoms with Crippen LogP contribution in [-0.4, -0.2) is 58.7 Å². The van der Waals surface area contributed by atoms with Crippen LogP contribution in [0.1, 0.15) is 46.0 Å². The Labute approximate surface area is 205 Å². The monoisotopic (exact) mass is 483 g/mol. The van der Waals surface area contributed by atoms with E-state index in [0.717, 1.165) is 30.6 Å². The summed E-state index contributed by atoms with van der Waals surface area (Å²) in [4.78, 5) is 43.5. The first-order valence-corrected chi connectivity index (χ1v) is 13.5. The number of ether oxygens (including phenoxy) is 1. The maximum Gasteiger partial charge on any atom is 0.246 e. The van der Waals surface area contributed by atoms with E-state index in [-0.39, 0.29) is 29.8 Å². The lowest BCUT2D eigenvalue weighted by Gasteiger charge is -2.35. The van der Waals surface area contributed by atoms with Crippen molar-refractivity contribution in [2.75, 3.05) is 11.6 Å². The van der Waals surface area contributed by atoms with Crippen molar-refractivity contribution in [3.63, 3.8) is 0 Å². The summed E-state index contributed by atoms with van der Waals surface area (Å²) >= 11 is 1.60. The van der Waals surface area contributed by atoms with E-state index in [9.17, 15) is 14.4 Å². The smallest absolute Gasteiger partial charge is 0.246 e. The fraction of sp³-hybridized carbons (Fsp3) is 0.577. The van der Waals surface area contributed by atoms with E-state index < -0.39 is 29.6 Å². The Morgan fingerprint density at radius 1 is 1.18 bits per heavy atom. The van der Waals surface area contributed by atoms with Crippen LogP contribution in [-0.2, 0) is 19.1 Å². The highest BCUT2D eigenvalue weighted by molar-refractivity contribution is 7.98. The zero-order valence-corrected chi connectivity index (χ0v) is 20.8. The van der Waals surface area contributed by atoms with Crippen LogP contribution >= 0.6 is 11.8 Å². The van der Waals surface area contributed by atoms with Gasteiger partial charge in [-0.3, -0.25) is 14.4 Å². The van der Waals surface area contributed by atoms with E-state index >= 15 is 0 Å².